The van der Waals surface area contributed by atoms with Gasteiger partial charge in [-0.15, -0.1) is 0 Å². The van der Waals surface area contributed by atoms with Gasteiger partial charge < -0.3 is 9.47 Å². The van der Waals surface area contributed by atoms with Crippen molar-refractivity contribution in [2.75, 3.05) is 13.6 Å². The van der Waals surface area contributed by atoms with Crippen molar-refractivity contribution in [1.82, 2.24) is 4.90 Å². The molecular weight excluding hydrogens is 266 g/mol. The Bertz CT molecular complexity index is 531. The smallest absolute Gasteiger partial charge is 0.316 e. The summed E-state index contributed by atoms with van der Waals surface area (Å²) in [6.07, 6.45) is -0.00158. The average Bonchev–Trinajstić information content (AvgIpc) is 2.63. The molecule has 1 saturated heterocycles. The number of esters is 1. The second-order valence-electron chi connectivity index (χ2n) is 7.15. The van der Waals surface area contributed by atoms with E-state index < -0.39 is 5.41 Å². The van der Waals surface area contributed by atoms with Gasteiger partial charge in [-0.25, -0.2) is 0 Å². The molecular formula is C17H25NO3. The minimum Gasteiger partial charge on any atom is -0.426 e. The third-order valence-electron chi connectivity index (χ3n) is 3.84. The summed E-state index contributed by atoms with van der Waals surface area (Å²) < 4.78 is 11.5. The summed E-state index contributed by atoms with van der Waals surface area (Å²) in [6.45, 7) is 10.5. The van der Waals surface area contributed by atoms with Gasteiger partial charge in [0.1, 0.15) is 11.5 Å². The largest absolute Gasteiger partial charge is 0.426 e. The van der Waals surface area contributed by atoms with Crippen LogP contribution < -0.4 is 4.74 Å². The van der Waals surface area contributed by atoms with Crippen molar-refractivity contribution in [3.63, 3.8) is 0 Å². The van der Waals surface area contributed by atoms with E-state index >= 15 is 0 Å². The van der Waals surface area contributed by atoms with E-state index in [1.807, 2.05) is 46.0 Å². The molecule has 0 spiro atoms. The fraction of sp³-hybridized carbons (Fsp3) is 0.588. The van der Waals surface area contributed by atoms with Crippen molar-refractivity contribution >= 4 is 5.97 Å². The van der Waals surface area contributed by atoms with Gasteiger partial charge in [-0.05, 0) is 59.4 Å². The molecule has 0 N–H and O–H groups in total. The maximum Gasteiger partial charge on any atom is 0.316 e. The van der Waals surface area contributed by atoms with Crippen LogP contribution in [0.4, 0.5) is 0 Å². The molecule has 1 aliphatic rings. The van der Waals surface area contributed by atoms with E-state index in [4.69, 9.17) is 9.47 Å². The second-order valence-corrected chi connectivity index (χ2v) is 7.15. The van der Waals surface area contributed by atoms with Crippen molar-refractivity contribution in [2.24, 2.45) is 5.41 Å². The number of hydrogen-bond acceptors (Lipinski definition) is 4. The number of carbonyl (C=O) groups excluding carboxylic acids is 1. The van der Waals surface area contributed by atoms with E-state index in [1.165, 1.54) is 0 Å². The van der Waals surface area contributed by atoms with Gasteiger partial charge in [-0.2, -0.15) is 0 Å². The minimum absolute atomic E-state index is 0.00158. The van der Waals surface area contributed by atoms with Gasteiger partial charge in [0.05, 0.1) is 11.5 Å². The zero-order valence-corrected chi connectivity index (χ0v) is 13.8. The summed E-state index contributed by atoms with van der Waals surface area (Å²) >= 11 is 0. The van der Waals surface area contributed by atoms with Gasteiger partial charge in [0.2, 0.25) is 0 Å². The van der Waals surface area contributed by atoms with Gasteiger partial charge >= 0.3 is 5.97 Å². The monoisotopic (exact) mass is 291 g/mol. The standard InChI is InChI=1S/C17H25NO3/c1-16(2,3)15(19)20-13-9-7-8-12(10-13)14-11-18(6)17(4,5)21-14/h7-10,14H,11H2,1-6H3/t14-/m0/s1. The number of ether oxygens (including phenoxy) is 2. The lowest BCUT2D eigenvalue weighted by Crippen LogP contribution is -2.35. The van der Waals surface area contributed by atoms with Crippen LogP contribution in [0.2, 0.25) is 0 Å². The normalized spacial score (nSPS) is 22.3. The number of likely N-dealkylation sites (N-methyl/N-ethyl adjacent to an activating group) is 1. The zero-order chi connectivity index (χ0) is 15.8. The number of carbonyl (C=O) groups is 1. The molecule has 1 aromatic carbocycles. The molecule has 1 heterocycles. The molecule has 0 unspecified atom stereocenters. The van der Waals surface area contributed by atoms with Crippen LogP contribution in [0.15, 0.2) is 24.3 Å². The number of nitrogens with zero attached hydrogens (tertiary/aromatic N) is 1. The first-order valence-corrected chi connectivity index (χ1v) is 7.31. The molecule has 0 amide bonds. The molecule has 4 heteroatoms. The summed E-state index contributed by atoms with van der Waals surface area (Å²) in [4.78, 5) is 14.1. The van der Waals surface area contributed by atoms with Crippen molar-refractivity contribution < 1.29 is 14.3 Å². The molecule has 0 bridgehead atoms. The summed E-state index contributed by atoms with van der Waals surface area (Å²) in [5.41, 5.74) is 0.247. The van der Waals surface area contributed by atoms with E-state index in [1.54, 1.807) is 6.07 Å². The van der Waals surface area contributed by atoms with Gasteiger partial charge in [-0.3, -0.25) is 9.69 Å². The Balaban J connectivity index is 2.14. The van der Waals surface area contributed by atoms with E-state index in [9.17, 15) is 4.79 Å². The Morgan fingerprint density at radius 1 is 1.38 bits per heavy atom. The van der Waals surface area contributed by atoms with Crippen LogP contribution in [0.5, 0.6) is 5.75 Å². The number of benzene rings is 1. The zero-order valence-electron chi connectivity index (χ0n) is 13.8. The van der Waals surface area contributed by atoms with Crippen LogP contribution in [0.1, 0.15) is 46.3 Å². The lowest BCUT2D eigenvalue weighted by molar-refractivity contribution is -0.143. The molecule has 1 aromatic rings. The number of rotatable bonds is 2. The van der Waals surface area contributed by atoms with E-state index in [-0.39, 0.29) is 17.8 Å². The Morgan fingerprint density at radius 3 is 2.57 bits per heavy atom. The highest BCUT2D eigenvalue weighted by atomic mass is 16.5. The molecule has 21 heavy (non-hydrogen) atoms. The first-order valence-electron chi connectivity index (χ1n) is 7.31. The predicted octanol–water partition coefficient (Wildman–Crippen LogP) is 3.38. The Labute approximate surface area is 127 Å². The molecule has 116 valence electrons. The highest BCUT2D eigenvalue weighted by Crippen LogP contribution is 2.35. The van der Waals surface area contributed by atoms with Gasteiger partial charge in [-0.1, -0.05) is 12.1 Å². The third kappa shape index (κ3) is 3.63. The highest BCUT2D eigenvalue weighted by molar-refractivity contribution is 5.77. The van der Waals surface area contributed by atoms with E-state index in [0.717, 1.165) is 12.1 Å². The van der Waals surface area contributed by atoms with Crippen molar-refractivity contribution in [3.05, 3.63) is 29.8 Å². The van der Waals surface area contributed by atoms with Crippen LogP contribution >= 0.6 is 0 Å². The lowest BCUT2D eigenvalue weighted by atomic mass is 9.97. The molecule has 0 aromatic heterocycles. The Kier molecular flexibility index (Phi) is 4.13. The van der Waals surface area contributed by atoms with Crippen molar-refractivity contribution in [1.29, 1.82) is 0 Å². The van der Waals surface area contributed by atoms with Crippen LogP contribution in [-0.2, 0) is 9.53 Å². The fourth-order valence-corrected chi connectivity index (χ4v) is 2.16. The lowest BCUT2D eigenvalue weighted by Gasteiger charge is -2.25. The molecule has 2 rings (SSSR count). The fourth-order valence-electron chi connectivity index (χ4n) is 2.16. The summed E-state index contributed by atoms with van der Waals surface area (Å²) in [5.74, 6) is 0.341. The van der Waals surface area contributed by atoms with Gasteiger partial charge in [0.15, 0.2) is 0 Å². The number of hydrogen-bond donors (Lipinski definition) is 0. The van der Waals surface area contributed by atoms with E-state index in [0.29, 0.717) is 5.75 Å². The average molecular weight is 291 g/mol. The van der Waals surface area contributed by atoms with Crippen molar-refractivity contribution in [3.8, 4) is 5.75 Å². The van der Waals surface area contributed by atoms with Crippen LogP contribution in [-0.4, -0.2) is 30.2 Å². The summed E-state index contributed by atoms with van der Waals surface area (Å²) in [6, 6.07) is 7.60. The second kappa shape index (κ2) is 5.43. The van der Waals surface area contributed by atoms with Crippen LogP contribution in [0, 0.1) is 5.41 Å². The Morgan fingerprint density at radius 2 is 2.05 bits per heavy atom. The molecule has 1 aliphatic heterocycles. The van der Waals surface area contributed by atoms with Crippen molar-refractivity contribution in [2.45, 2.75) is 46.4 Å². The topological polar surface area (TPSA) is 38.8 Å². The van der Waals surface area contributed by atoms with Gasteiger partial charge in [0.25, 0.3) is 0 Å². The molecule has 1 atom stereocenters. The van der Waals surface area contributed by atoms with Crippen LogP contribution in [0.25, 0.3) is 0 Å². The first-order chi connectivity index (χ1) is 9.59. The molecule has 0 saturated carbocycles. The summed E-state index contributed by atoms with van der Waals surface area (Å²) in [5, 5.41) is 0. The molecule has 0 aliphatic carbocycles. The highest BCUT2D eigenvalue weighted by Gasteiger charge is 2.37. The third-order valence-corrected chi connectivity index (χ3v) is 3.84. The molecule has 0 radical (unpaired) electrons. The van der Waals surface area contributed by atoms with Crippen LogP contribution in [0.3, 0.4) is 0 Å². The maximum absolute atomic E-state index is 12.0. The predicted molar refractivity (Wildman–Crippen MR) is 82.1 cm³/mol. The Hall–Kier alpha value is -1.39. The molecule has 1 fully saturated rings. The molecule has 4 nitrogen and oxygen atoms in total. The maximum atomic E-state index is 12.0. The quantitative estimate of drug-likeness (QED) is 0.618. The summed E-state index contributed by atoms with van der Waals surface area (Å²) in [7, 11) is 2.05. The SMILES string of the molecule is CN1C[C@@H](c2cccc(OC(=O)C(C)(C)C)c2)OC1(C)C. The minimum atomic E-state index is -0.512. The van der Waals surface area contributed by atoms with Gasteiger partial charge in [0, 0.05) is 6.54 Å². The first kappa shape index (κ1) is 16.0. The van der Waals surface area contributed by atoms with E-state index in [2.05, 4.69) is 18.7 Å².